The predicted molar refractivity (Wildman–Crippen MR) is 136 cm³/mol. The van der Waals surface area contributed by atoms with Gasteiger partial charge in [-0.15, -0.1) is 0 Å². The Bertz CT molecular complexity index is 559. The van der Waals surface area contributed by atoms with E-state index in [2.05, 4.69) is 97.3 Å². The second-order valence-corrected chi connectivity index (χ2v) is 28.9. The van der Waals surface area contributed by atoms with Crippen LogP contribution >= 0.6 is 0 Å². The molecule has 0 heterocycles. The molecular weight excluding hydrogens is 445 g/mol. The molecule has 167 valence electrons. The van der Waals surface area contributed by atoms with Crippen molar-refractivity contribution in [2.45, 2.75) is 91.2 Å². The molecule has 1 rings (SSSR count). The standard InChI is InChI=1S/C20H43O4Si5/c1-11-28(12-2,23-26(5,6)7)21-25(20-18-16-15-17-19-20)22-29(13-3,14-4)24-27(8,9)10/h15-19H,11-14H2,1-10H3. The fourth-order valence-corrected chi connectivity index (χ4v) is 23.6. The Morgan fingerprint density at radius 2 is 0.966 bits per heavy atom. The zero-order valence-corrected chi connectivity index (χ0v) is 25.3. The summed E-state index contributed by atoms with van der Waals surface area (Å²) in [5.41, 5.74) is 0. The summed E-state index contributed by atoms with van der Waals surface area (Å²) in [5.74, 6) is 0. The van der Waals surface area contributed by atoms with Crippen LogP contribution in [0, 0.1) is 0 Å². The van der Waals surface area contributed by atoms with E-state index in [-0.39, 0.29) is 0 Å². The maximum absolute atomic E-state index is 6.97. The number of benzene rings is 1. The molecule has 4 nitrogen and oxygen atoms in total. The first-order valence-electron chi connectivity index (χ1n) is 11.0. The normalized spacial score (nSPS) is 13.9. The van der Waals surface area contributed by atoms with Crippen LogP contribution in [0.4, 0.5) is 0 Å². The van der Waals surface area contributed by atoms with Crippen LogP contribution in [0.1, 0.15) is 27.7 Å². The van der Waals surface area contributed by atoms with E-state index in [0.29, 0.717) is 0 Å². The maximum Gasteiger partial charge on any atom is 0.404 e. The Morgan fingerprint density at radius 1 is 0.621 bits per heavy atom. The van der Waals surface area contributed by atoms with Crippen LogP contribution in [0.2, 0.25) is 63.5 Å². The van der Waals surface area contributed by atoms with Crippen LogP contribution in [-0.2, 0) is 16.5 Å². The maximum atomic E-state index is 6.97. The van der Waals surface area contributed by atoms with E-state index in [1.54, 1.807) is 0 Å². The van der Waals surface area contributed by atoms with Gasteiger partial charge in [-0.05, 0) is 68.6 Å². The molecule has 0 unspecified atom stereocenters. The van der Waals surface area contributed by atoms with Crippen molar-refractivity contribution in [2.75, 3.05) is 0 Å². The molecule has 0 aliphatic rings. The van der Waals surface area contributed by atoms with Gasteiger partial charge in [0.05, 0.1) is 0 Å². The van der Waals surface area contributed by atoms with Crippen molar-refractivity contribution in [3.8, 4) is 0 Å². The molecular formula is C20H43O4Si5. The minimum atomic E-state index is -2.35. The third-order valence-corrected chi connectivity index (χ3v) is 22.2. The molecule has 0 saturated carbocycles. The van der Waals surface area contributed by atoms with E-state index in [1.165, 1.54) is 0 Å². The van der Waals surface area contributed by atoms with E-state index in [9.17, 15) is 0 Å². The number of hydrogen-bond donors (Lipinski definition) is 0. The van der Waals surface area contributed by atoms with Crippen molar-refractivity contribution in [2.24, 2.45) is 0 Å². The zero-order chi connectivity index (χ0) is 22.3. The van der Waals surface area contributed by atoms with Crippen molar-refractivity contribution in [3.05, 3.63) is 30.3 Å². The molecule has 0 aliphatic heterocycles. The van der Waals surface area contributed by atoms with Gasteiger partial charge in [-0.2, -0.15) is 0 Å². The third kappa shape index (κ3) is 9.03. The van der Waals surface area contributed by atoms with Gasteiger partial charge in [0.25, 0.3) is 0 Å². The van der Waals surface area contributed by atoms with Crippen molar-refractivity contribution in [1.82, 2.24) is 0 Å². The molecule has 1 aromatic rings. The summed E-state index contributed by atoms with van der Waals surface area (Å²) in [6.45, 7) is 22.4. The first kappa shape index (κ1) is 27.2. The van der Waals surface area contributed by atoms with E-state index in [4.69, 9.17) is 16.5 Å². The molecule has 1 radical (unpaired) electrons. The second-order valence-electron chi connectivity index (χ2n) is 9.52. The molecule has 0 N–H and O–H groups in total. The Hall–Kier alpha value is 0.144. The van der Waals surface area contributed by atoms with Crippen LogP contribution in [0.15, 0.2) is 30.3 Å². The number of hydrogen-bond acceptors (Lipinski definition) is 4. The molecule has 0 spiro atoms. The summed E-state index contributed by atoms with van der Waals surface area (Å²) < 4.78 is 27.4. The van der Waals surface area contributed by atoms with Gasteiger partial charge in [0.1, 0.15) is 0 Å². The fourth-order valence-electron chi connectivity index (χ4n) is 3.29. The molecule has 0 bridgehead atoms. The van der Waals surface area contributed by atoms with Crippen LogP contribution in [-0.4, -0.2) is 43.0 Å². The summed E-state index contributed by atoms with van der Waals surface area (Å²) in [7, 11) is -9.87. The highest BCUT2D eigenvalue weighted by molar-refractivity contribution is 6.90. The lowest BCUT2D eigenvalue weighted by molar-refractivity contribution is 0.309. The molecule has 29 heavy (non-hydrogen) atoms. The molecule has 0 aliphatic carbocycles. The highest BCUT2D eigenvalue weighted by atomic mass is 28.5. The summed E-state index contributed by atoms with van der Waals surface area (Å²) in [6.07, 6.45) is 0. The van der Waals surface area contributed by atoms with Gasteiger partial charge in [-0.3, -0.25) is 0 Å². The Kier molecular flexibility index (Phi) is 10.4. The molecule has 0 aromatic heterocycles. The highest BCUT2D eigenvalue weighted by Gasteiger charge is 2.47. The smallest absolute Gasteiger partial charge is 0.404 e. The van der Waals surface area contributed by atoms with Gasteiger partial charge < -0.3 is 16.5 Å². The van der Waals surface area contributed by atoms with Gasteiger partial charge in [-0.25, -0.2) is 0 Å². The summed E-state index contributed by atoms with van der Waals surface area (Å²) in [4.78, 5) is 0. The minimum Gasteiger partial charge on any atom is -0.436 e. The molecule has 0 amide bonds. The van der Waals surface area contributed by atoms with Crippen molar-refractivity contribution in [1.29, 1.82) is 0 Å². The van der Waals surface area contributed by atoms with Crippen LogP contribution < -0.4 is 5.19 Å². The summed E-state index contributed by atoms with van der Waals surface area (Å²) >= 11 is 0. The van der Waals surface area contributed by atoms with E-state index < -0.39 is 43.0 Å². The summed E-state index contributed by atoms with van der Waals surface area (Å²) in [5, 5.41) is 1.16. The second kappa shape index (κ2) is 11.1. The van der Waals surface area contributed by atoms with Gasteiger partial charge in [0, 0.05) is 0 Å². The van der Waals surface area contributed by atoms with Crippen LogP contribution in [0.3, 0.4) is 0 Å². The summed E-state index contributed by atoms with van der Waals surface area (Å²) in [6, 6.07) is 14.3. The fraction of sp³-hybridized carbons (Fsp3) is 0.700. The lowest BCUT2D eigenvalue weighted by Crippen LogP contribution is -2.60. The lowest BCUT2D eigenvalue weighted by atomic mass is 10.4. The van der Waals surface area contributed by atoms with Gasteiger partial charge >= 0.3 is 26.4 Å². The van der Waals surface area contributed by atoms with Crippen LogP contribution in [0.25, 0.3) is 0 Å². The van der Waals surface area contributed by atoms with Gasteiger partial charge in [0.15, 0.2) is 16.6 Å². The van der Waals surface area contributed by atoms with E-state index in [0.717, 1.165) is 29.4 Å². The molecule has 0 saturated heterocycles. The first-order valence-corrected chi connectivity index (χ1v) is 23.6. The topological polar surface area (TPSA) is 36.9 Å². The molecule has 0 fully saturated rings. The Balaban J connectivity index is 3.33. The average molecular weight is 488 g/mol. The average Bonchev–Trinajstić information content (AvgIpc) is 2.64. The third-order valence-electron chi connectivity index (χ3n) is 4.71. The quantitative estimate of drug-likeness (QED) is 0.316. The van der Waals surface area contributed by atoms with Crippen molar-refractivity contribution >= 4 is 48.2 Å². The first-order chi connectivity index (χ1) is 13.3. The van der Waals surface area contributed by atoms with E-state index in [1.807, 2.05) is 0 Å². The number of rotatable bonds is 13. The zero-order valence-electron chi connectivity index (χ0n) is 20.3. The Morgan fingerprint density at radius 3 is 1.24 bits per heavy atom. The van der Waals surface area contributed by atoms with Crippen molar-refractivity contribution in [3.63, 3.8) is 0 Å². The SMILES string of the molecule is CC[Si](CC)(O[Si](O[Si](CC)(CC)O[Si](C)(C)C)c1ccccc1)O[Si](C)(C)C. The highest BCUT2D eigenvalue weighted by Crippen LogP contribution is 2.29. The largest absolute Gasteiger partial charge is 0.436 e. The minimum absolute atomic E-state index is 0.944. The molecule has 9 heteroatoms. The van der Waals surface area contributed by atoms with Crippen molar-refractivity contribution < 1.29 is 16.5 Å². The molecule has 0 atom stereocenters. The monoisotopic (exact) mass is 487 g/mol. The predicted octanol–water partition coefficient (Wildman–Crippen LogP) is 6.08. The Labute approximate surface area is 185 Å². The lowest BCUT2D eigenvalue weighted by Gasteiger charge is -2.41. The van der Waals surface area contributed by atoms with Crippen LogP contribution in [0.5, 0.6) is 0 Å². The van der Waals surface area contributed by atoms with Gasteiger partial charge in [0.2, 0.25) is 0 Å². The van der Waals surface area contributed by atoms with E-state index >= 15 is 0 Å². The molecule has 1 aromatic carbocycles. The van der Waals surface area contributed by atoms with Gasteiger partial charge in [-0.1, -0.05) is 58.0 Å².